The van der Waals surface area contributed by atoms with Crippen LogP contribution in [-0.4, -0.2) is 37.2 Å². The van der Waals surface area contributed by atoms with Gasteiger partial charge in [-0.15, -0.1) is 0 Å². The monoisotopic (exact) mass is 855 g/mol. The van der Waals surface area contributed by atoms with E-state index in [9.17, 15) is 14.4 Å². The maximum atomic E-state index is 12.8. The van der Waals surface area contributed by atoms with Crippen LogP contribution in [0.15, 0.2) is 48.6 Å². The molecule has 0 bridgehead atoms. The molecule has 0 radical (unpaired) electrons. The predicted octanol–water partition coefficient (Wildman–Crippen LogP) is 17.1. The molecule has 61 heavy (non-hydrogen) atoms. The Morgan fingerprint density at radius 1 is 0.328 bits per heavy atom. The molecular formula is C55H98O6. The molecule has 0 aromatic carbocycles. The average Bonchev–Trinajstić information content (AvgIpc) is 3.26. The number of carbonyl (C=O) groups excluding carboxylic acids is 3. The highest BCUT2D eigenvalue weighted by Crippen LogP contribution is 2.15. The van der Waals surface area contributed by atoms with Gasteiger partial charge in [0.05, 0.1) is 0 Å². The van der Waals surface area contributed by atoms with E-state index in [1.54, 1.807) is 0 Å². The molecule has 0 saturated heterocycles. The molecule has 0 aromatic rings. The van der Waals surface area contributed by atoms with E-state index in [1.807, 2.05) is 0 Å². The van der Waals surface area contributed by atoms with Crippen LogP contribution in [0.2, 0.25) is 0 Å². The van der Waals surface area contributed by atoms with Gasteiger partial charge in [0, 0.05) is 19.3 Å². The first kappa shape index (κ1) is 58.4. The summed E-state index contributed by atoms with van der Waals surface area (Å²) in [6, 6.07) is 0. The van der Waals surface area contributed by atoms with Gasteiger partial charge in [0.15, 0.2) is 6.10 Å². The number of hydrogen-bond donors (Lipinski definition) is 0. The number of rotatable bonds is 47. The Bertz CT molecular complexity index is 1070. The first-order chi connectivity index (χ1) is 30.0. The smallest absolute Gasteiger partial charge is 0.306 e. The van der Waals surface area contributed by atoms with Crippen LogP contribution in [0.25, 0.3) is 0 Å². The summed E-state index contributed by atoms with van der Waals surface area (Å²) in [6.07, 6.45) is 59.5. The Balaban J connectivity index is 4.43. The molecule has 0 saturated carbocycles. The third-order valence-corrected chi connectivity index (χ3v) is 11.3. The lowest BCUT2D eigenvalue weighted by atomic mass is 10.0. The van der Waals surface area contributed by atoms with Crippen LogP contribution in [-0.2, 0) is 28.6 Å². The molecule has 0 spiro atoms. The van der Waals surface area contributed by atoms with E-state index >= 15 is 0 Å². The molecule has 6 heteroatoms. The number of allylic oxidation sites excluding steroid dienone is 8. The quantitative estimate of drug-likeness (QED) is 0.0263. The number of esters is 3. The largest absolute Gasteiger partial charge is 0.462 e. The fourth-order valence-electron chi connectivity index (χ4n) is 7.38. The summed E-state index contributed by atoms with van der Waals surface area (Å²) in [7, 11) is 0. The zero-order valence-corrected chi connectivity index (χ0v) is 40.4. The molecule has 0 aromatic heterocycles. The van der Waals surface area contributed by atoms with Gasteiger partial charge < -0.3 is 14.2 Å². The first-order valence-electron chi connectivity index (χ1n) is 26.1. The number of carbonyl (C=O) groups is 3. The summed E-state index contributed by atoms with van der Waals surface area (Å²) in [5, 5.41) is 0. The van der Waals surface area contributed by atoms with E-state index in [0.717, 1.165) is 64.2 Å². The molecule has 354 valence electrons. The fraction of sp³-hybridized carbons (Fsp3) is 0.800. The van der Waals surface area contributed by atoms with Crippen molar-refractivity contribution in [2.24, 2.45) is 0 Å². The lowest BCUT2D eigenvalue weighted by Crippen LogP contribution is -2.30. The van der Waals surface area contributed by atoms with Gasteiger partial charge in [0.1, 0.15) is 13.2 Å². The van der Waals surface area contributed by atoms with Crippen LogP contribution < -0.4 is 0 Å². The highest BCUT2D eigenvalue weighted by atomic mass is 16.6. The van der Waals surface area contributed by atoms with Crippen LogP contribution in [0.1, 0.15) is 265 Å². The van der Waals surface area contributed by atoms with Crippen molar-refractivity contribution in [2.45, 2.75) is 271 Å². The van der Waals surface area contributed by atoms with Gasteiger partial charge in [0.25, 0.3) is 0 Å². The topological polar surface area (TPSA) is 78.9 Å². The Hall–Kier alpha value is -2.63. The van der Waals surface area contributed by atoms with E-state index in [-0.39, 0.29) is 37.5 Å². The Labute approximate surface area is 378 Å². The van der Waals surface area contributed by atoms with Gasteiger partial charge in [0.2, 0.25) is 0 Å². The van der Waals surface area contributed by atoms with Crippen LogP contribution in [0.3, 0.4) is 0 Å². The predicted molar refractivity (Wildman–Crippen MR) is 261 cm³/mol. The van der Waals surface area contributed by atoms with Crippen molar-refractivity contribution in [3.63, 3.8) is 0 Å². The standard InChI is InChI=1S/C55H98O6/c1-4-7-10-13-16-19-22-25-26-27-28-31-33-36-39-42-45-48-54(57)60-51-52(61-55(58)49-46-43-40-37-34-30-24-21-18-15-12-9-6-3)50-59-53(56)47-44-41-38-35-32-29-23-20-17-14-11-8-5-2/h16,19,25-26,28,31,36,39,52H,4-15,17-18,20-24,27,29-30,32-35,37-38,40-51H2,1-3H3. The minimum atomic E-state index is -0.789. The highest BCUT2D eigenvalue weighted by molar-refractivity contribution is 5.71. The van der Waals surface area contributed by atoms with Crippen molar-refractivity contribution in [3.05, 3.63) is 48.6 Å². The van der Waals surface area contributed by atoms with E-state index in [1.165, 1.54) is 154 Å². The summed E-state index contributed by atoms with van der Waals surface area (Å²) in [6.45, 7) is 6.58. The zero-order chi connectivity index (χ0) is 44.4. The summed E-state index contributed by atoms with van der Waals surface area (Å²) >= 11 is 0. The van der Waals surface area contributed by atoms with Gasteiger partial charge in [-0.1, -0.05) is 236 Å². The molecule has 0 heterocycles. The van der Waals surface area contributed by atoms with Crippen LogP contribution in [0, 0.1) is 0 Å². The van der Waals surface area contributed by atoms with Crippen LogP contribution >= 0.6 is 0 Å². The molecule has 1 unspecified atom stereocenters. The summed E-state index contributed by atoms with van der Waals surface area (Å²) in [4.78, 5) is 37.9. The number of hydrogen-bond acceptors (Lipinski definition) is 6. The third-order valence-electron chi connectivity index (χ3n) is 11.3. The maximum absolute atomic E-state index is 12.8. The van der Waals surface area contributed by atoms with E-state index in [4.69, 9.17) is 14.2 Å². The summed E-state index contributed by atoms with van der Waals surface area (Å²) < 4.78 is 16.8. The molecule has 6 nitrogen and oxygen atoms in total. The molecule has 0 amide bonds. The Morgan fingerprint density at radius 3 is 0.984 bits per heavy atom. The second kappa shape index (κ2) is 50.0. The Morgan fingerprint density at radius 2 is 0.607 bits per heavy atom. The fourth-order valence-corrected chi connectivity index (χ4v) is 7.38. The molecular weight excluding hydrogens is 757 g/mol. The van der Waals surface area contributed by atoms with E-state index < -0.39 is 6.10 Å². The van der Waals surface area contributed by atoms with Crippen molar-refractivity contribution in [2.75, 3.05) is 13.2 Å². The zero-order valence-electron chi connectivity index (χ0n) is 40.4. The number of unbranched alkanes of at least 4 members (excludes halogenated alkanes) is 28. The Kier molecular flexibility index (Phi) is 47.9. The summed E-state index contributed by atoms with van der Waals surface area (Å²) in [5.74, 6) is -0.935. The van der Waals surface area contributed by atoms with Crippen molar-refractivity contribution in [1.29, 1.82) is 0 Å². The molecule has 1 atom stereocenters. The normalized spacial score (nSPS) is 12.4. The van der Waals surface area contributed by atoms with E-state index in [0.29, 0.717) is 19.3 Å². The first-order valence-corrected chi connectivity index (χ1v) is 26.1. The third kappa shape index (κ3) is 48.3. The summed E-state index contributed by atoms with van der Waals surface area (Å²) in [5.41, 5.74) is 0. The molecule has 0 aliphatic carbocycles. The van der Waals surface area contributed by atoms with Crippen molar-refractivity contribution < 1.29 is 28.6 Å². The van der Waals surface area contributed by atoms with E-state index in [2.05, 4.69) is 69.4 Å². The van der Waals surface area contributed by atoms with Gasteiger partial charge in [-0.2, -0.15) is 0 Å². The van der Waals surface area contributed by atoms with Gasteiger partial charge in [-0.05, 0) is 57.8 Å². The molecule has 0 aliphatic rings. The van der Waals surface area contributed by atoms with Crippen LogP contribution in [0.5, 0.6) is 0 Å². The van der Waals surface area contributed by atoms with Crippen molar-refractivity contribution in [1.82, 2.24) is 0 Å². The highest BCUT2D eigenvalue weighted by Gasteiger charge is 2.19. The molecule has 0 N–H and O–H groups in total. The SMILES string of the molecule is CCCCCC=CCC=CCC=CCC=CCCCC(=O)OCC(COC(=O)CCCCCCCCCCCCCCC)OC(=O)CCCCCCCCCCCCCCC. The lowest BCUT2D eigenvalue weighted by molar-refractivity contribution is -0.167. The van der Waals surface area contributed by atoms with Gasteiger partial charge in [-0.25, -0.2) is 0 Å². The maximum Gasteiger partial charge on any atom is 0.306 e. The van der Waals surface area contributed by atoms with Crippen molar-refractivity contribution >= 4 is 17.9 Å². The van der Waals surface area contributed by atoms with Gasteiger partial charge >= 0.3 is 17.9 Å². The van der Waals surface area contributed by atoms with Crippen molar-refractivity contribution in [3.8, 4) is 0 Å². The van der Waals surface area contributed by atoms with Gasteiger partial charge in [-0.3, -0.25) is 14.4 Å². The second-order valence-electron chi connectivity index (χ2n) is 17.4. The molecule has 0 fully saturated rings. The molecule has 0 rings (SSSR count). The lowest BCUT2D eigenvalue weighted by Gasteiger charge is -2.18. The van der Waals surface area contributed by atoms with Crippen LogP contribution in [0.4, 0.5) is 0 Å². The minimum absolute atomic E-state index is 0.0862. The average molecular weight is 855 g/mol. The number of ether oxygens (including phenoxy) is 3. The minimum Gasteiger partial charge on any atom is -0.462 e. The second-order valence-corrected chi connectivity index (χ2v) is 17.4. The molecule has 0 aliphatic heterocycles.